The highest BCUT2D eigenvalue weighted by atomic mass is 79.9. The molecule has 4 nitrogen and oxygen atoms in total. The van der Waals surface area contributed by atoms with Crippen molar-refractivity contribution in [3.8, 4) is 22.4 Å². The highest BCUT2D eigenvalue weighted by Gasteiger charge is 2.20. The summed E-state index contributed by atoms with van der Waals surface area (Å²) >= 11 is 3.42. The summed E-state index contributed by atoms with van der Waals surface area (Å²) in [5, 5.41) is 5.30. The Balaban J connectivity index is 1.47. The fourth-order valence-electron chi connectivity index (χ4n) is 4.33. The van der Waals surface area contributed by atoms with Crippen LogP contribution in [0.3, 0.4) is 0 Å². The molecule has 0 aliphatic rings. The molecule has 1 aromatic heterocycles. The number of nitrogens with one attached hydrogen (secondary N) is 1. The van der Waals surface area contributed by atoms with Gasteiger partial charge in [-0.15, -0.1) is 0 Å². The fourth-order valence-corrected chi connectivity index (χ4v) is 4.59. The van der Waals surface area contributed by atoms with Gasteiger partial charge in [0.25, 0.3) is 0 Å². The Morgan fingerprint density at radius 1 is 0.800 bits per heavy atom. The molecule has 0 spiro atoms. The summed E-state index contributed by atoms with van der Waals surface area (Å²) in [6.45, 7) is 0.539. The lowest BCUT2D eigenvalue weighted by Gasteiger charge is -2.13. The third-order valence-electron chi connectivity index (χ3n) is 5.92. The second kappa shape index (κ2) is 10.5. The Morgan fingerprint density at radius 2 is 1.43 bits per heavy atom. The number of fused-ring (bicyclic) bond motifs is 1. The zero-order valence-electron chi connectivity index (χ0n) is 19.1. The van der Waals surface area contributed by atoms with Crippen LogP contribution in [-0.2, 0) is 11.3 Å². The zero-order valence-corrected chi connectivity index (χ0v) is 20.7. The maximum absolute atomic E-state index is 12.7. The van der Waals surface area contributed by atoms with Gasteiger partial charge in [0, 0.05) is 33.9 Å². The van der Waals surface area contributed by atoms with Gasteiger partial charge in [-0.2, -0.15) is 5.10 Å². The molecule has 5 rings (SSSR count). The SMILES string of the molecule is O=C(CCn1c(-c2ccccc2)c(-c2ccccc2)c2ccccc21)NN=Cc1ccc(Br)cc1. The van der Waals surface area contributed by atoms with E-state index in [4.69, 9.17) is 0 Å². The van der Waals surface area contributed by atoms with Gasteiger partial charge in [-0.1, -0.05) is 107 Å². The highest BCUT2D eigenvalue weighted by molar-refractivity contribution is 9.10. The van der Waals surface area contributed by atoms with Crippen LogP contribution in [0.5, 0.6) is 0 Å². The normalized spacial score (nSPS) is 11.2. The van der Waals surface area contributed by atoms with E-state index in [1.54, 1.807) is 6.21 Å². The molecule has 0 radical (unpaired) electrons. The number of carbonyl (C=O) groups excluding carboxylic acids is 1. The van der Waals surface area contributed by atoms with Crippen LogP contribution < -0.4 is 5.43 Å². The van der Waals surface area contributed by atoms with Crippen LogP contribution in [0, 0.1) is 0 Å². The Hall–Kier alpha value is -3.96. The summed E-state index contributed by atoms with van der Waals surface area (Å²) in [4.78, 5) is 12.7. The van der Waals surface area contributed by atoms with Crippen LogP contribution in [0.4, 0.5) is 0 Å². The molecular formula is C30H24BrN3O. The fraction of sp³-hybridized carbons (Fsp3) is 0.0667. The molecule has 0 bridgehead atoms. The van der Waals surface area contributed by atoms with Crippen molar-refractivity contribution in [2.24, 2.45) is 5.10 Å². The van der Waals surface area contributed by atoms with E-state index in [0.717, 1.165) is 32.4 Å². The van der Waals surface area contributed by atoms with Crippen molar-refractivity contribution >= 4 is 39.0 Å². The van der Waals surface area contributed by atoms with Crippen LogP contribution in [0.2, 0.25) is 0 Å². The van der Waals surface area contributed by atoms with Gasteiger partial charge in [-0.3, -0.25) is 4.79 Å². The summed E-state index contributed by atoms with van der Waals surface area (Å²) in [6.07, 6.45) is 1.96. The summed E-state index contributed by atoms with van der Waals surface area (Å²) in [7, 11) is 0. The zero-order chi connectivity index (χ0) is 24.0. The number of hydrogen-bond donors (Lipinski definition) is 1. The standard InChI is InChI=1S/C30H24BrN3O/c31-25-17-15-22(16-18-25)21-32-33-28(35)19-20-34-27-14-8-7-13-26(27)29(23-9-3-1-4-10-23)30(34)24-11-5-2-6-12-24/h1-18,21H,19-20H2,(H,33,35). The van der Waals surface area contributed by atoms with Gasteiger partial charge in [-0.25, -0.2) is 5.43 Å². The number of aryl methyl sites for hydroxylation is 1. The minimum absolute atomic E-state index is 0.128. The predicted molar refractivity (Wildman–Crippen MR) is 147 cm³/mol. The average Bonchev–Trinajstić information content (AvgIpc) is 3.24. The van der Waals surface area contributed by atoms with Gasteiger partial charge in [-0.05, 0) is 34.9 Å². The number of amides is 1. The number of rotatable bonds is 7. The Labute approximate surface area is 213 Å². The van der Waals surface area contributed by atoms with Crippen molar-refractivity contribution in [1.82, 2.24) is 9.99 Å². The molecule has 172 valence electrons. The molecule has 0 atom stereocenters. The molecule has 0 saturated heterocycles. The lowest BCUT2D eigenvalue weighted by Crippen LogP contribution is -2.19. The lowest BCUT2D eigenvalue weighted by atomic mass is 9.98. The van der Waals surface area contributed by atoms with E-state index in [0.29, 0.717) is 13.0 Å². The minimum Gasteiger partial charge on any atom is -0.339 e. The number of halogens is 1. The molecule has 1 N–H and O–H groups in total. The summed E-state index contributed by atoms with van der Waals surface area (Å²) in [6, 6.07) is 37.0. The Bertz CT molecular complexity index is 1470. The van der Waals surface area contributed by atoms with Crippen molar-refractivity contribution in [1.29, 1.82) is 0 Å². The third kappa shape index (κ3) is 5.10. The number of nitrogens with zero attached hydrogens (tertiary/aromatic N) is 2. The van der Waals surface area contributed by atoms with Crippen LogP contribution in [-0.4, -0.2) is 16.7 Å². The topological polar surface area (TPSA) is 46.4 Å². The number of hydrazone groups is 1. The Kier molecular flexibility index (Phi) is 6.87. The van der Waals surface area contributed by atoms with E-state index in [9.17, 15) is 4.79 Å². The van der Waals surface area contributed by atoms with Crippen molar-refractivity contribution in [2.45, 2.75) is 13.0 Å². The van der Waals surface area contributed by atoms with Gasteiger partial charge in [0.1, 0.15) is 0 Å². The molecule has 1 amide bonds. The molecule has 0 aliphatic heterocycles. The Morgan fingerprint density at radius 3 is 2.14 bits per heavy atom. The number of aromatic nitrogens is 1. The van der Waals surface area contributed by atoms with Crippen LogP contribution in [0.1, 0.15) is 12.0 Å². The van der Waals surface area contributed by atoms with Crippen molar-refractivity contribution in [3.63, 3.8) is 0 Å². The molecule has 5 heteroatoms. The van der Waals surface area contributed by atoms with Crippen molar-refractivity contribution in [2.75, 3.05) is 0 Å². The molecule has 0 fully saturated rings. The number of carbonyl (C=O) groups is 1. The van der Waals surface area contributed by atoms with Crippen LogP contribution in [0.25, 0.3) is 33.3 Å². The molecule has 0 unspecified atom stereocenters. The van der Waals surface area contributed by atoms with E-state index in [1.165, 1.54) is 10.9 Å². The first kappa shape index (κ1) is 22.8. The lowest BCUT2D eigenvalue weighted by molar-refractivity contribution is -0.121. The first-order chi connectivity index (χ1) is 17.2. The minimum atomic E-state index is -0.128. The third-order valence-corrected chi connectivity index (χ3v) is 6.44. The maximum atomic E-state index is 12.7. The van der Waals surface area contributed by atoms with Gasteiger partial charge in [0.2, 0.25) is 5.91 Å². The number of benzene rings is 4. The predicted octanol–water partition coefficient (Wildman–Crippen LogP) is 7.28. The van der Waals surface area contributed by atoms with Gasteiger partial charge in [0.15, 0.2) is 0 Å². The van der Waals surface area contributed by atoms with E-state index in [2.05, 4.69) is 97.8 Å². The van der Waals surface area contributed by atoms with Gasteiger partial charge in [0.05, 0.1) is 11.9 Å². The smallest absolute Gasteiger partial charge is 0.241 e. The van der Waals surface area contributed by atoms with Gasteiger partial charge < -0.3 is 4.57 Å². The van der Waals surface area contributed by atoms with Gasteiger partial charge >= 0.3 is 0 Å². The number of para-hydroxylation sites is 1. The second-order valence-electron chi connectivity index (χ2n) is 8.22. The van der Waals surface area contributed by atoms with Crippen LogP contribution in [0.15, 0.2) is 119 Å². The quantitative estimate of drug-likeness (QED) is 0.177. The molecule has 0 saturated carbocycles. The molecule has 35 heavy (non-hydrogen) atoms. The number of hydrogen-bond acceptors (Lipinski definition) is 2. The van der Waals surface area contributed by atoms with Crippen molar-refractivity contribution < 1.29 is 4.79 Å². The summed E-state index contributed by atoms with van der Waals surface area (Å²) < 4.78 is 3.26. The van der Waals surface area contributed by atoms with E-state index >= 15 is 0 Å². The average molecular weight is 522 g/mol. The maximum Gasteiger partial charge on any atom is 0.241 e. The van der Waals surface area contributed by atoms with E-state index < -0.39 is 0 Å². The monoisotopic (exact) mass is 521 g/mol. The molecule has 1 heterocycles. The first-order valence-electron chi connectivity index (χ1n) is 11.5. The van der Waals surface area contributed by atoms with Crippen LogP contribution >= 0.6 is 15.9 Å². The summed E-state index contributed by atoms with van der Waals surface area (Å²) in [5.41, 5.74) is 9.27. The largest absolute Gasteiger partial charge is 0.339 e. The summed E-state index contributed by atoms with van der Waals surface area (Å²) in [5.74, 6) is -0.128. The van der Waals surface area contributed by atoms with E-state index in [-0.39, 0.29) is 5.91 Å². The first-order valence-corrected chi connectivity index (χ1v) is 12.3. The van der Waals surface area contributed by atoms with Crippen molar-refractivity contribution in [3.05, 3.63) is 119 Å². The van der Waals surface area contributed by atoms with E-state index in [1.807, 2.05) is 42.5 Å². The molecule has 5 aromatic rings. The molecule has 0 aliphatic carbocycles. The highest BCUT2D eigenvalue weighted by Crippen LogP contribution is 2.40. The second-order valence-corrected chi connectivity index (χ2v) is 9.13. The molecule has 4 aromatic carbocycles. The molecular weight excluding hydrogens is 498 g/mol.